The minimum atomic E-state index is -1.22. The van der Waals surface area contributed by atoms with Gasteiger partial charge in [0.25, 0.3) is 0 Å². The van der Waals surface area contributed by atoms with E-state index in [-0.39, 0.29) is 24.9 Å². The van der Waals surface area contributed by atoms with Crippen molar-refractivity contribution in [2.75, 3.05) is 24.7 Å². The molecule has 1 saturated heterocycles. The summed E-state index contributed by atoms with van der Waals surface area (Å²) in [7, 11) is 0. The van der Waals surface area contributed by atoms with E-state index in [4.69, 9.17) is 4.74 Å². The molecule has 0 saturated carbocycles. The molecule has 1 heterocycles. The Balaban J connectivity index is 1.41. The van der Waals surface area contributed by atoms with Gasteiger partial charge in [0.05, 0.1) is 12.5 Å². The Hall–Kier alpha value is -3.00. The summed E-state index contributed by atoms with van der Waals surface area (Å²) in [5.74, 6) is -0.00623. The number of hydrogen-bond donors (Lipinski definition) is 2. The highest BCUT2D eigenvalue weighted by atomic mass is 32.2. The first kappa shape index (κ1) is 23.2. The fraction of sp³-hybridized carbons (Fsp3) is 0.400. The minimum Gasteiger partial charge on any atom is -0.481 e. The van der Waals surface area contributed by atoms with Crippen LogP contribution in [0.5, 0.6) is 0 Å². The van der Waals surface area contributed by atoms with Crippen molar-refractivity contribution in [3.63, 3.8) is 0 Å². The quantitative estimate of drug-likeness (QED) is 0.671. The van der Waals surface area contributed by atoms with E-state index in [0.29, 0.717) is 12.3 Å². The number of ether oxygens (including phenoxy) is 1. The Kier molecular flexibility index (Phi) is 6.65. The van der Waals surface area contributed by atoms with Gasteiger partial charge in [0.15, 0.2) is 0 Å². The molecule has 33 heavy (non-hydrogen) atoms. The maximum atomic E-state index is 13.2. The number of carboxylic acid groups (broad SMARTS) is 1. The molecule has 1 atom stereocenters. The molecule has 1 aliphatic heterocycles. The van der Waals surface area contributed by atoms with Crippen LogP contribution in [0.2, 0.25) is 0 Å². The van der Waals surface area contributed by atoms with E-state index < -0.39 is 23.6 Å². The molecule has 8 heteroatoms. The van der Waals surface area contributed by atoms with Crippen molar-refractivity contribution < 1.29 is 24.2 Å². The molecule has 0 bridgehead atoms. The van der Waals surface area contributed by atoms with E-state index in [2.05, 4.69) is 17.4 Å². The largest absolute Gasteiger partial charge is 0.481 e. The van der Waals surface area contributed by atoms with Crippen molar-refractivity contribution in [3.8, 4) is 11.1 Å². The second-order valence-electron chi connectivity index (χ2n) is 8.90. The van der Waals surface area contributed by atoms with E-state index in [0.717, 1.165) is 28.0 Å². The van der Waals surface area contributed by atoms with E-state index in [1.54, 1.807) is 30.5 Å². The van der Waals surface area contributed by atoms with E-state index in [1.807, 2.05) is 36.4 Å². The summed E-state index contributed by atoms with van der Waals surface area (Å²) in [6.07, 6.45) is -0.781. The van der Waals surface area contributed by atoms with Crippen molar-refractivity contribution in [1.82, 2.24) is 10.2 Å². The summed E-state index contributed by atoms with van der Waals surface area (Å²) in [6, 6.07) is 15.8. The van der Waals surface area contributed by atoms with Crippen LogP contribution in [-0.2, 0) is 14.3 Å². The molecule has 0 spiro atoms. The number of rotatable bonds is 6. The second kappa shape index (κ2) is 9.47. The lowest BCUT2D eigenvalue weighted by molar-refractivity contribution is -0.143. The van der Waals surface area contributed by atoms with E-state index >= 15 is 0 Å². The van der Waals surface area contributed by atoms with Gasteiger partial charge in [0, 0.05) is 24.0 Å². The van der Waals surface area contributed by atoms with Crippen LogP contribution in [0.3, 0.4) is 0 Å². The molecule has 2 aromatic carbocycles. The minimum absolute atomic E-state index is 0.0685. The molecular weight excluding hydrogens is 440 g/mol. The maximum Gasteiger partial charge on any atom is 0.408 e. The molecule has 1 unspecified atom stereocenters. The van der Waals surface area contributed by atoms with Crippen molar-refractivity contribution >= 4 is 29.7 Å². The summed E-state index contributed by atoms with van der Waals surface area (Å²) in [5, 5.41) is 11.9. The smallest absolute Gasteiger partial charge is 0.408 e. The number of nitrogens with zero attached hydrogens (tertiary/aromatic N) is 1. The lowest BCUT2D eigenvalue weighted by atomic mass is 9.98. The Bertz CT molecular complexity index is 1020. The normalized spacial score (nSPS) is 17.8. The highest BCUT2D eigenvalue weighted by Crippen LogP contribution is 2.44. The molecular formula is C25H28N2O5S. The van der Waals surface area contributed by atoms with Gasteiger partial charge in [-0.05, 0) is 36.1 Å². The molecule has 2 amide bonds. The summed E-state index contributed by atoms with van der Waals surface area (Å²) in [4.78, 5) is 38.7. The Labute approximate surface area is 197 Å². The Morgan fingerprint density at radius 2 is 1.70 bits per heavy atom. The number of nitrogens with one attached hydrogen (secondary N) is 1. The third-order valence-corrected chi connectivity index (χ3v) is 7.28. The van der Waals surface area contributed by atoms with Gasteiger partial charge in [-0.25, -0.2) is 4.79 Å². The fourth-order valence-electron chi connectivity index (χ4n) is 4.60. The zero-order valence-electron chi connectivity index (χ0n) is 18.7. The van der Waals surface area contributed by atoms with Gasteiger partial charge in [-0.15, -0.1) is 0 Å². The zero-order valence-corrected chi connectivity index (χ0v) is 19.6. The number of alkyl carbamates (subject to hydrolysis) is 1. The van der Waals surface area contributed by atoms with Crippen LogP contribution in [0.1, 0.15) is 37.3 Å². The third kappa shape index (κ3) is 4.85. The topological polar surface area (TPSA) is 95.9 Å². The zero-order chi connectivity index (χ0) is 23.6. The first-order valence-corrected chi connectivity index (χ1v) is 12.2. The lowest BCUT2D eigenvalue weighted by Crippen LogP contribution is -2.60. The van der Waals surface area contributed by atoms with Crippen LogP contribution < -0.4 is 5.32 Å². The van der Waals surface area contributed by atoms with Crippen LogP contribution in [0.25, 0.3) is 11.1 Å². The number of hydrogen-bond acceptors (Lipinski definition) is 5. The number of aliphatic carboxylic acids is 1. The molecule has 7 nitrogen and oxygen atoms in total. The fourth-order valence-corrected chi connectivity index (χ4v) is 5.66. The van der Waals surface area contributed by atoms with Gasteiger partial charge >= 0.3 is 12.1 Å². The van der Waals surface area contributed by atoms with Gasteiger partial charge in [0.1, 0.15) is 12.1 Å². The number of carbonyl (C=O) groups is 3. The second-order valence-corrected chi connectivity index (χ2v) is 10.1. The van der Waals surface area contributed by atoms with Gasteiger partial charge in [-0.3, -0.25) is 9.59 Å². The molecule has 174 valence electrons. The number of carboxylic acids is 1. The summed E-state index contributed by atoms with van der Waals surface area (Å²) < 4.78 is 5.59. The van der Waals surface area contributed by atoms with Crippen molar-refractivity contribution in [2.24, 2.45) is 0 Å². The summed E-state index contributed by atoms with van der Waals surface area (Å²) in [6.45, 7) is 3.86. The molecule has 1 aliphatic carbocycles. The van der Waals surface area contributed by atoms with E-state index in [9.17, 15) is 19.5 Å². The molecule has 0 aromatic heterocycles. The first-order valence-electron chi connectivity index (χ1n) is 11.0. The highest BCUT2D eigenvalue weighted by molar-refractivity contribution is 7.99. The van der Waals surface area contributed by atoms with Crippen molar-refractivity contribution in [2.45, 2.75) is 37.8 Å². The monoisotopic (exact) mass is 468 g/mol. The lowest BCUT2D eigenvalue weighted by Gasteiger charge is -2.39. The Morgan fingerprint density at radius 3 is 2.30 bits per heavy atom. The van der Waals surface area contributed by atoms with Crippen LogP contribution >= 0.6 is 11.8 Å². The molecule has 2 N–H and O–H groups in total. The first-order chi connectivity index (χ1) is 15.8. The SMILES string of the molecule is CC(C)(NC(=O)OCC1c2ccccc2-c2ccccc21)C(=O)N1CCSCC1CC(=O)O. The van der Waals surface area contributed by atoms with Gasteiger partial charge in [-0.2, -0.15) is 11.8 Å². The summed E-state index contributed by atoms with van der Waals surface area (Å²) in [5.41, 5.74) is 3.30. The average Bonchev–Trinajstić information content (AvgIpc) is 3.11. The molecule has 0 radical (unpaired) electrons. The predicted molar refractivity (Wildman–Crippen MR) is 127 cm³/mol. The standard InChI is InChI=1S/C25H28N2O5S/c1-25(2,23(30)27-11-12-33-15-16(27)13-22(28)29)26-24(31)32-14-21-19-9-5-3-7-17(19)18-8-4-6-10-20(18)21/h3-10,16,21H,11-15H2,1-2H3,(H,26,31)(H,28,29). The van der Waals surface area contributed by atoms with E-state index in [1.165, 1.54) is 0 Å². The van der Waals surface area contributed by atoms with Gasteiger partial charge in [0.2, 0.25) is 5.91 Å². The van der Waals surface area contributed by atoms with Crippen LogP contribution in [0, 0.1) is 0 Å². The van der Waals surface area contributed by atoms with Crippen LogP contribution in [0.15, 0.2) is 48.5 Å². The van der Waals surface area contributed by atoms with Crippen LogP contribution in [0.4, 0.5) is 4.79 Å². The molecule has 4 rings (SSSR count). The summed E-state index contributed by atoms with van der Waals surface area (Å²) >= 11 is 1.63. The molecule has 1 fully saturated rings. The maximum absolute atomic E-state index is 13.2. The van der Waals surface area contributed by atoms with Gasteiger partial charge in [-0.1, -0.05) is 48.5 Å². The molecule has 2 aliphatic rings. The third-order valence-electron chi connectivity index (χ3n) is 6.19. The number of carbonyl (C=O) groups excluding carboxylic acids is 2. The molecule has 2 aromatic rings. The van der Waals surface area contributed by atoms with Crippen molar-refractivity contribution in [1.29, 1.82) is 0 Å². The van der Waals surface area contributed by atoms with Gasteiger partial charge < -0.3 is 20.1 Å². The average molecular weight is 469 g/mol. The van der Waals surface area contributed by atoms with Crippen molar-refractivity contribution in [3.05, 3.63) is 59.7 Å². The number of amides is 2. The highest BCUT2D eigenvalue weighted by Gasteiger charge is 2.39. The van der Waals surface area contributed by atoms with Crippen LogP contribution in [-0.4, -0.2) is 64.2 Å². The number of thioether (sulfide) groups is 1. The number of benzene rings is 2. The number of fused-ring (bicyclic) bond motifs is 3. The Morgan fingerprint density at radius 1 is 1.09 bits per heavy atom. The predicted octanol–water partition coefficient (Wildman–Crippen LogP) is 3.72.